The molecule has 1 amide bonds. The van der Waals surface area contributed by atoms with Gasteiger partial charge in [-0.3, -0.25) is 4.79 Å². The van der Waals surface area contributed by atoms with Gasteiger partial charge in [-0.2, -0.15) is 5.26 Å². The van der Waals surface area contributed by atoms with Crippen LogP contribution in [0.5, 0.6) is 0 Å². The summed E-state index contributed by atoms with van der Waals surface area (Å²) in [6, 6.07) is 20.5. The minimum absolute atomic E-state index is 0.0164. The third-order valence-electron chi connectivity index (χ3n) is 8.97. The molecule has 1 aliphatic carbocycles. The molecule has 3 aliphatic rings. The Morgan fingerprint density at radius 1 is 1.15 bits per heavy atom. The molecule has 3 unspecified atom stereocenters. The Labute approximate surface area is 276 Å². The van der Waals surface area contributed by atoms with Gasteiger partial charge in [0, 0.05) is 35.0 Å². The maximum absolute atomic E-state index is 15.5. The lowest BCUT2D eigenvalue weighted by Crippen LogP contribution is -2.52. The third-order valence-corrected chi connectivity index (χ3v) is 10.9. The Bertz CT molecular complexity index is 1720. The van der Waals surface area contributed by atoms with Crippen molar-refractivity contribution in [2.24, 2.45) is 5.92 Å². The predicted octanol–water partition coefficient (Wildman–Crippen LogP) is 6.16. The smallest absolute Gasteiger partial charge is 0.247 e. The van der Waals surface area contributed by atoms with Crippen molar-refractivity contribution in [1.82, 2.24) is 9.62 Å². The Kier molecular flexibility index (Phi) is 8.83. The summed E-state index contributed by atoms with van der Waals surface area (Å²) in [6.45, 7) is 5.88. The van der Waals surface area contributed by atoms with Crippen molar-refractivity contribution in [3.63, 3.8) is 0 Å². The van der Waals surface area contributed by atoms with Crippen LogP contribution in [0.3, 0.4) is 0 Å². The molecule has 2 fully saturated rings. The van der Waals surface area contributed by atoms with E-state index in [-0.39, 0.29) is 24.6 Å². The molecule has 2 heterocycles. The number of nitrogens with zero attached hydrogens (tertiary/aromatic N) is 2. The Morgan fingerprint density at radius 2 is 1.89 bits per heavy atom. The van der Waals surface area contributed by atoms with Gasteiger partial charge in [-0.15, -0.1) is 4.72 Å². The molecule has 11 heteroatoms. The number of rotatable bonds is 5. The number of amides is 1. The van der Waals surface area contributed by atoms with Crippen molar-refractivity contribution in [2.75, 3.05) is 17.2 Å². The van der Waals surface area contributed by atoms with Crippen molar-refractivity contribution < 1.29 is 18.8 Å². The van der Waals surface area contributed by atoms with Gasteiger partial charge in [-0.25, -0.2) is 4.39 Å². The molecule has 2 bridgehead atoms. The molecule has 6 rings (SSSR count). The highest BCUT2D eigenvalue weighted by Crippen LogP contribution is 2.49. The fourth-order valence-corrected chi connectivity index (χ4v) is 7.46. The molecule has 3 aromatic carbocycles. The average molecular weight is 662 g/mol. The standard InChI is InChI=1S/C35H37ClFN5O3S/c1-34(2,3)46(45)41-35(23-6-4-5-21(15-23)19-38)14-13-22-16-28(22)32(39-26-10-8-25(36)9-11-26)42-20-27(43)18-31(42)33(44)40-30-17-24(35)7-12-29(30)37/h4-12,15,17,22,27,31,39,41,43H,13-14,16,18,20H2,1-3H3,(H,40,44)/b32-28-/t22?,27-,31-,35?,46?/m0/s1. The van der Waals surface area contributed by atoms with Gasteiger partial charge in [-0.05, 0) is 111 Å². The molecule has 46 heavy (non-hydrogen) atoms. The monoisotopic (exact) mass is 661 g/mol. The molecular formula is C35H37ClFN5O3S. The number of anilines is 2. The van der Waals surface area contributed by atoms with Crippen LogP contribution in [0.2, 0.25) is 5.02 Å². The van der Waals surface area contributed by atoms with Crippen LogP contribution >= 0.6 is 11.6 Å². The fraction of sp³-hybridized carbons (Fsp3) is 0.371. The first-order valence-electron chi connectivity index (χ1n) is 15.4. The number of allylic oxidation sites excluding steroid dienone is 1. The number of aliphatic hydroxyl groups excluding tert-OH is 1. The first kappa shape index (κ1) is 32.4. The zero-order chi connectivity index (χ0) is 32.8. The summed E-state index contributed by atoms with van der Waals surface area (Å²) in [5.74, 6) is -0.183. The topological polar surface area (TPSA) is 123 Å². The molecule has 1 saturated carbocycles. The van der Waals surface area contributed by atoms with Crippen LogP contribution < -0.4 is 15.4 Å². The lowest BCUT2D eigenvalue weighted by Gasteiger charge is -2.39. The predicted molar refractivity (Wildman–Crippen MR) is 179 cm³/mol. The number of aliphatic hydroxyl groups is 1. The second-order valence-electron chi connectivity index (χ2n) is 13.3. The number of benzene rings is 3. The molecule has 3 aromatic rings. The average Bonchev–Trinajstić information content (AvgIpc) is 3.69. The first-order chi connectivity index (χ1) is 21.9. The zero-order valence-corrected chi connectivity index (χ0v) is 27.5. The van der Waals surface area contributed by atoms with E-state index >= 15 is 4.39 Å². The molecule has 0 radical (unpaired) electrons. The lowest BCUT2D eigenvalue weighted by molar-refractivity contribution is -0.119. The summed E-state index contributed by atoms with van der Waals surface area (Å²) < 4.78 is 32.1. The summed E-state index contributed by atoms with van der Waals surface area (Å²) in [5.41, 5.74) is 2.57. The Morgan fingerprint density at radius 3 is 2.61 bits per heavy atom. The molecule has 2 aliphatic heterocycles. The number of nitriles is 1. The second-order valence-corrected chi connectivity index (χ2v) is 15.7. The van der Waals surface area contributed by atoms with Crippen molar-refractivity contribution >= 4 is 40.2 Å². The van der Waals surface area contributed by atoms with Crippen LogP contribution in [0.15, 0.2) is 78.1 Å². The van der Waals surface area contributed by atoms with Crippen LogP contribution in [-0.2, 0) is 21.7 Å². The Balaban J connectivity index is 1.51. The third kappa shape index (κ3) is 6.48. The van der Waals surface area contributed by atoms with Gasteiger partial charge in [-0.1, -0.05) is 29.8 Å². The molecule has 1 saturated heterocycles. The van der Waals surface area contributed by atoms with Crippen molar-refractivity contribution in [2.45, 2.75) is 68.9 Å². The lowest BCUT2D eigenvalue weighted by atomic mass is 9.78. The number of nitrogens with one attached hydrogen (secondary N) is 3. The normalized spacial score (nSPS) is 26.8. The van der Waals surface area contributed by atoms with Crippen LogP contribution in [0, 0.1) is 23.1 Å². The SMILES string of the molecule is CC(C)(C)[S+]([O-])NC1(c2cccc(C#N)c2)CCC2C/C2=C(\Nc2ccc(Cl)cc2)N2C[C@@H](O)C[C@H]2C(=O)Nc2cc1ccc2F. The molecule has 0 aromatic heterocycles. The van der Waals surface area contributed by atoms with Gasteiger partial charge in [0.1, 0.15) is 28.0 Å². The number of halogens is 2. The number of fused-ring (bicyclic) bond motifs is 4. The maximum atomic E-state index is 15.5. The van der Waals surface area contributed by atoms with Gasteiger partial charge in [0.25, 0.3) is 0 Å². The number of carbonyl (C=O) groups excluding carboxylic acids is 1. The summed E-state index contributed by atoms with van der Waals surface area (Å²) in [7, 11) is 0. The highest BCUT2D eigenvalue weighted by atomic mass is 35.5. The van der Waals surface area contributed by atoms with Crippen molar-refractivity contribution in [3.05, 3.63) is 106 Å². The second kappa shape index (κ2) is 12.5. The van der Waals surface area contributed by atoms with Crippen LogP contribution in [-0.4, -0.2) is 43.9 Å². The van der Waals surface area contributed by atoms with Crippen LogP contribution in [0.25, 0.3) is 0 Å². The molecule has 240 valence electrons. The van der Waals surface area contributed by atoms with Gasteiger partial charge >= 0.3 is 0 Å². The van der Waals surface area contributed by atoms with E-state index in [1.807, 2.05) is 43.9 Å². The summed E-state index contributed by atoms with van der Waals surface area (Å²) in [5, 5.41) is 27.4. The minimum Gasteiger partial charge on any atom is -0.598 e. The molecule has 5 atom stereocenters. The van der Waals surface area contributed by atoms with E-state index < -0.39 is 45.5 Å². The quantitative estimate of drug-likeness (QED) is 0.242. The van der Waals surface area contributed by atoms with Gasteiger partial charge in [0.15, 0.2) is 0 Å². The number of hydrogen-bond acceptors (Lipinski definition) is 7. The summed E-state index contributed by atoms with van der Waals surface area (Å²) >= 11 is 4.58. The van der Waals surface area contributed by atoms with E-state index in [9.17, 15) is 19.7 Å². The van der Waals surface area contributed by atoms with E-state index in [0.717, 1.165) is 29.1 Å². The highest BCUT2D eigenvalue weighted by Gasteiger charge is 2.47. The zero-order valence-electron chi connectivity index (χ0n) is 25.9. The largest absolute Gasteiger partial charge is 0.598 e. The maximum Gasteiger partial charge on any atom is 0.247 e. The molecule has 4 N–H and O–H groups in total. The number of carbonyl (C=O) groups is 1. The van der Waals surface area contributed by atoms with Crippen LogP contribution in [0.4, 0.5) is 15.8 Å². The first-order valence-corrected chi connectivity index (χ1v) is 16.9. The van der Waals surface area contributed by atoms with Crippen LogP contribution in [0.1, 0.15) is 63.1 Å². The molecule has 8 nitrogen and oxygen atoms in total. The Hall–Kier alpha value is -3.59. The summed E-state index contributed by atoms with van der Waals surface area (Å²) in [6.07, 6.45) is 1.35. The van der Waals surface area contributed by atoms with Crippen molar-refractivity contribution in [1.29, 1.82) is 5.26 Å². The molecular weight excluding hydrogens is 625 g/mol. The number of hydrogen-bond donors (Lipinski definition) is 4. The highest BCUT2D eigenvalue weighted by molar-refractivity contribution is 7.90. The van der Waals surface area contributed by atoms with E-state index in [2.05, 4.69) is 21.4 Å². The van der Waals surface area contributed by atoms with E-state index in [1.54, 1.807) is 42.5 Å². The van der Waals surface area contributed by atoms with E-state index in [1.165, 1.54) is 6.07 Å². The van der Waals surface area contributed by atoms with Crippen molar-refractivity contribution in [3.8, 4) is 6.07 Å². The van der Waals surface area contributed by atoms with E-state index in [0.29, 0.717) is 29.0 Å². The summed E-state index contributed by atoms with van der Waals surface area (Å²) in [4.78, 5) is 15.8. The minimum atomic E-state index is -1.56. The van der Waals surface area contributed by atoms with Gasteiger partial charge in [0.05, 0.1) is 23.4 Å². The molecule has 0 spiro atoms. The van der Waals surface area contributed by atoms with Gasteiger partial charge in [0.2, 0.25) is 5.91 Å². The fourth-order valence-electron chi connectivity index (χ4n) is 6.37. The van der Waals surface area contributed by atoms with E-state index in [4.69, 9.17) is 11.6 Å². The van der Waals surface area contributed by atoms with Gasteiger partial charge < -0.3 is 25.2 Å².